The molecule has 3 N–H and O–H groups in total. The van der Waals surface area contributed by atoms with Gasteiger partial charge in [-0.15, -0.1) is 6.58 Å². The van der Waals surface area contributed by atoms with E-state index >= 15 is 0 Å². The van der Waals surface area contributed by atoms with Crippen LogP contribution in [0.2, 0.25) is 0 Å². The number of rotatable bonds is 3. The smallest absolute Gasteiger partial charge is 0.276 e. The van der Waals surface area contributed by atoms with E-state index in [0.29, 0.717) is 4.90 Å². The first-order valence-electron chi connectivity index (χ1n) is 8.03. The monoisotopic (exact) mass is 406 g/mol. The SMILES string of the molecule is C=C[C@H]1COc2c(cn(C)c2C(=O)Nc2ccc(F)c(C#N)c2)S(=O)N1.CO. The van der Waals surface area contributed by atoms with Crippen LogP contribution < -0.4 is 14.8 Å². The average Bonchev–Trinajstić information content (AvgIpc) is 2.96. The molecule has 3 rings (SSSR count). The van der Waals surface area contributed by atoms with Crippen molar-refractivity contribution in [1.29, 1.82) is 5.26 Å². The molecule has 2 aromatic rings. The van der Waals surface area contributed by atoms with Crippen LogP contribution in [0.15, 0.2) is 41.9 Å². The molecule has 1 aromatic heterocycles. The van der Waals surface area contributed by atoms with Crippen LogP contribution in [0.1, 0.15) is 16.1 Å². The molecule has 10 heteroatoms. The molecular weight excluding hydrogens is 387 g/mol. The second-order valence-electron chi connectivity index (χ2n) is 5.58. The number of anilines is 1. The number of fused-ring (bicyclic) bond motifs is 1. The Kier molecular flexibility index (Phi) is 7.06. The highest BCUT2D eigenvalue weighted by atomic mass is 32.2. The van der Waals surface area contributed by atoms with Crippen molar-refractivity contribution in [3.8, 4) is 11.8 Å². The Balaban J connectivity index is 0.00000136. The third kappa shape index (κ3) is 4.28. The lowest BCUT2D eigenvalue weighted by Crippen LogP contribution is -2.31. The van der Waals surface area contributed by atoms with Gasteiger partial charge in [0, 0.05) is 26.0 Å². The summed E-state index contributed by atoms with van der Waals surface area (Å²) in [6.45, 7) is 3.81. The third-order valence-electron chi connectivity index (χ3n) is 3.81. The van der Waals surface area contributed by atoms with Gasteiger partial charge in [0.2, 0.25) is 0 Å². The van der Waals surface area contributed by atoms with Gasteiger partial charge in [0.05, 0.1) is 11.6 Å². The van der Waals surface area contributed by atoms with Gasteiger partial charge in [0.1, 0.15) is 34.4 Å². The van der Waals surface area contributed by atoms with Crippen molar-refractivity contribution >= 4 is 22.6 Å². The number of amides is 1. The van der Waals surface area contributed by atoms with Crippen molar-refractivity contribution in [2.75, 3.05) is 19.0 Å². The summed E-state index contributed by atoms with van der Waals surface area (Å²) in [6.07, 6.45) is 3.12. The normalized spacial score (nSPS) is 17.7. The lowest BCUT2D eigenvalue weighted by molar-refractivity contribution is 0.101. The molecule has 28 heavy (non-hydrogen) atoms. The molecule has 1 unspecified atom stereocenters. The van der Waals surface area contributed by atoms with E-state index < -0.39 is 22.7 Å². The summed E-state index contributed by atoms with van der Waals surface area (Å²) in [6, 6.07) is 5.09. The van der Waals surface area contributed by atoms with Crippen molar-refractivity contribution in [3.63, 3.8) is 0 Å². The Morgan fingerprint density at radius 1 is 1.57 bits per heavy atom. The van der Waals surface area contributed by atoms with Crippen LogP contribution in [0.5, 0.6) is 5.75 Å². The lowest BCUT2D eigenvalue weighted by Gasteiger charge is -2.12. The predicted molar refractivity (Wildman–Crippen MR) is 102 cm³/mol. The van der Waals surface area contributed by atoms with Gasteiger partial charge >= 0.3 is 0 Å². The zero-order valence-corrected chi connectivity index (χ0v) is 16.0. The van der Waals surface area contributed by atoms with E-state index in [0.717, 1.165) is 13.2 Å². The number of nitrogens with one attached hydrogen (secondary N) is 2. The first-order valence-corrected chi connectivity index (χ1v) is 9.18. The summed E-state index contributed by atoms with van der Waals surface area (Å²) in [5.74, 6) is -0.986. The van der Waals surface area contributed by atoms with Gasteiger partial charge in [0.25, 0.3) is 5.91 Å². The van der Waals surface area contributed by atoms with Crippen LogP contribution in [-0.4, -0.2) is 39.5 Å². The molecule has 0 aliphatic carbocycles. The standard InChI is InChI=1S/C17H15FN4O3S.CH4O/c1-3-11-9-25-16-14(26(24)21-11)8-22(2)15(16)17(23)20-12-4-5-13(18)10(6-12)7-19;1-2/h3-6,8,11,21H,1,9H2,2H3,(H,20,23);2H,1H3/t11-,26?;/m0./s1. The van der Waals surface area contributed by atoms with Crippen LogP contribution in [0.25, 0.3) is 0 Å². The molecule has 0 saturated heterocycles. The summed E-state index contributed by atoms with van der Waals surface area (Å²) in [4.78, 5) is 13.0. The zero-order chi connectivity index (χ0) is 20.8. The van der Waals surface area contributed by atoms with Gasteiger partial charge in [0.15, 0.2) is 11.4 Å². The van der Waals surface area contributed by atoms with Gasteiger partial charge in [-0.05, 0) is 18.2 Å². The van der Waals surface area contributed by atoms with Crippen molar-refractivity contribution < 1.29 is 23.2 Å². The number of benzene rings is 1. The van der Waals surface area contributed by atoms with E-state index in [1.54, 1.807) is 25.4 Å². The molecule has 2 atom stereocenters. The molecular formula is C18H19FN4O4S. The molecule has 0 saturated carbocycles. The third-order valence-corrected chi connectivity index (χ3v) is 5.02. The Bertz CT molecular complexity index is 967. The first kappa shape index (κ1) is 21.3. The lowest BCUT2D eigenvalue weighted by atomic mass is 10.2. The maximum absolute atomic E-state index is 13.4. The van der Waals surface area contributed by atoms with E-state index in [-0.39, 0.29) is 35.3 Å². The second kappa shape index (κ2) is 9.27. The summed E-state index contributed by atoms with van der Waals surface area (Å²) < 4.78 is 35.8. The van der Waals surface area contributed by atoms with Gasteiger partial charge in [-0.2, -0.15) is 5.26 Å². The molecule has 1 aliphatic rings. The molecule has 1 aliphatic heterocycles. The highest BCUT2D eigenvalue weighted by molar-refractivity contribution is 7.83. The van der Waals surface area contributed by atoms with Crippen LogP contribution in [0, 0.1) is 17.1 Å². The highest BCUT2D eigenvalue weighted by Gasteiger charge is 2.29. The van der Waals surface area contributed by atoms with Crippen LogP contribution in [0.3, 0.4) is 0 Å². The van der Waals surface area contributed by atoms with E-state index in [4.69, 9.17) is 15.1 Å². The number of aromatic nitrogens is 1. The van der Waals surface area contributed by atoms with Gasteiger partial charge in [-0.3, -0.25) is 4.79 Å². The molecule has 1 aromatic carbocycles. The number of aryl methyl sites for hydroxylation is 1. The number of hydrogen-bond acceptors (Lipinski definition) is 5. The molecule has 8 nitrogen and oxygen atoms in total. The minimum absolute atomic E-state index is 0.168. The van der Waals surface area contributed by atoms with E-state index in [2.05, 4.69) is 16.6 Å². The van der Waals surface area contributed by atoms with E-state index in [1.165, 1.54) is 16.7 Å². The van der Waals surface area contributed by atoms with Crippen molar-refractivity contribution in [2.24, 2.45) is 7.05 Å². The van der Waals surface area contributed by atoms with Crippen molar-refractivity contribution in [2.45, 2.75) is 10.9 Å². The fraction of sp³-hybridized carbons (Fsp3) is 0.222. The van der Waals surface area contributed by atoms with Crippen LogP contribution in [0.4, 0.5) is 10.1 Å². The average molecular weight is 406 g/mol. The van der Waals surface area contributed by atoms with Gasteiger partial charge < -0.3 is 19.7 Å². The summed E-state index contributed by atoms with van der Waals surface area (Å²) in [5.41, 5.74) is 0.256. The second-order valence-corrected chi connectivity index (χ2v) is 6.80. The maximum atomic E-state index is 13.4. The minimum Gasteiger partial charge on any atom is -0.488 e. The topological polar surface area (TPSA) is 116 Å². The first-order chi connectivity index (χ1) is 13.4. The summed E-state index contributed by atoms with van der Waals surface area (Å²) in [5, 5.41) is 18.5. The highest BCUT2D eigenvalue weighted by Crippen LogP contribution is 2.31. The van der Waals surface area contributed by atoms with Gasteiger partial charge in [-0.25, -0.2) is 13.3 Å². The number of aliphatic hydroxyl groups is 1. The molecule has 148 valence electrons. The largest absolute Gasteiger partial charge is 0.488 e. The number of carbonyl (C=O) groups excluding carboxylic acids is 1. The number of aliphatic hydroxyl groups excluding tert-OH is 1. The number of halogens is 1. The Morgan fingerprint density at radius 3 is 2.93 bits per heavy atom. The van der Waals surface area contributed by atoms with Crippen LogP contribution in [-0.2, 0) is 18.0 Å². The van der Waals surface area contributed by atoms with E-state index in [1.807, 2.05) is 0 Å². The molecule has 0 bridgehead atoms. The Morgan fingerprint density at radius 2 is 2.29 bits per heavy atom. The summed E-state index contributed by atoms with van der Waals surface area (Å²) in [7, 11) is 1.06. The van der Waals surface area contributed by atoms with Crippen molar-refractivity contribution in [3.05, 3.63) is 54.1 Å². The Hall–Kier alpha value is -3.00. The maximum Gasteiger partial charge on any atom is 0.276 e. The van der Waals surface area contributed by atoms with E-state index in [9.17, 15) is 13.4 Å². The number of ether oxygens (including phenoxy) is 1. The molecule has 1 amide bonds. The fourth-order valence-electron chi connectivity index (χ4n) is 2.51. The molecule has 0 fully saturated rings. The summed E-state index contributed by atoms with van der Waals surface area (Å²) >= 11 is 0. The quantitative estimate of drug-likeness (QED) is 0.667. The fourth-order valence-corrected chi connectivity index (χ4v) is 3.66. The van der Waals surface area contributed by atoms with Crippen LogP contribution >= 0.6 is 0 Å². The van der Waals surface area contributed by atoms with Gasteiger partial charge in [-0.1, -0.05) is 6.08 Å². The number of nitrogens with zero attached hydrogens (tertiary/aromatic N) is 2. The molecule has 2 heterocycles. The number of nitriles is 1. The predicted octanol–water partition coefficient (Wildman–Crippen LogP) is 1.46. The molecule has 0 spiro atoms. The minimum atomic E-state index is -1.56. The Labute approximate surface area is 163 Å². The number of carbonyl (C=O) groups is 1. The molecule has 0 radical (unpaired) electrons. The van der Waals surface area contributed by atoms with Crippen molar-refractivity contribution in [1.82, 2.24) is 9.29 Å². The number of hydrogen-bond donors (Lipinski definition) is 3. The zero-order valence-electron chi connectivity index (χ0n) is 15.2.